The van der Waals surface area contributed by atoms with E-state index in [2.05, 4.69) is 5.32 Å². The highest BCUT2D eigenvalue weighted by Crippen LogP contribution is 2.15. The third-order valence-corrected chi connectivity index (χ3v) is 4.12. The van der Waals surface area contributed by atoms with E-state index >= 15 is 0 Å². The Kier molecular flexibility index (Phi) is 8.25. The predicted octanol–water partition coefficient (Wildman–Crippen LogP) is 3.02. The molecule has 0 heterocycles. The summed E-state index contributed by atoms with van der Waals surface area (Å²) in [5, 5.41) is 3.62. The lowest BCUT2D eigenvalue weighted by Crippen LogP contribution is -2.37. The predicted molar refractivity (Wildman–Crippen MR) is 104 cm³/mol. The van der Waals surface area contributed by atoms with Crippen molar-refractivity contribution < 1.29 is 14.3 Å². The first-order chi connectivity index (χ1) is 12.6. The normalized spacial score (nSPS) is 10.6. The third-order valence-electron chi connectivity index (χ3n) is 3.86. The lowest BCUT2D eigenvalue weighted by molar-refractivity contribution is -0.121. The Bertz CT molecular complexity index is 674. The largest absolute Gasteiger partial charge is 0.497 e. The van der Waals surface area contributed by atoms with Crippen LogP contribution >= 0.6 is 11.6 Å². The molecule has 0 aromatic heterocycles. The maximum absolute atomic E-state index is 12.0. The van der Waals surface area contributed by atoms with Crippen molar-refractivity contribution in [2.75, 3.05) is 40.4 Å². The lowest BCUT2D eigenvalue weighted by Gasteiger charge is -2.16. The van der Waals surface area contributed by atoms with Gasteiger partial charge >= 0.3 is 0 Å². The van der Waals surface area contributed by atoms with Crippen molar-refractivity contribution in [1.82, 2.24) is 10.2 Å². The molecule has 1 amide bonds. The number of hydrogen-bond donors (Lipinski definition) is 1. The van der Waals surface area contributed by atoms with Crippen molar-refractivity contribution >= 4 is 17.5 Å². The van der Waals surface area contributed by atoms with Crippen LogP contribution in [0.3, 0.4) is 0 Å². The minimum atomic E-state index is 0.00695. The standard InChI is InChI=1S/C20H25ClN2O3/c1-23(13-14-26-19-9-5-17(21)6-10-19)15-20(24)22-12-11-16-3-7-18(25-2)8-4-16/h3-10H,11-15H2,1-2H3,(H,22,24). The van der Waals surface area contributed by atoms with Gasteiger partial charge in [-0.05, 0) is 55.4 Å². The van der Waals surface area contributed by atoms with Crippen LogP contribution in [-0.4, -0.2) is 51.2 Å². The van der Waals surface area contributed by atoms with Crippen LogP contribution in [-0.2, 0) is 11.2 Å². The van der Waals surface area contributed by atoms with E-state index < -0.39 is 0 Å². The average Bonchev–Trinajstić information content (AvgIpc) is 2.64. The highest BCUT2D eigenvalue weighted by atomic mass is 35.5. The van der Waals surface area contributed by atoms with Gasteiger partial charge in [0.25, 0.3) is 0 Å². The van der Waals surface area contributed by atoms with E-state index in [1.807, 2.05) is 48.3 Å². The van der Waals surface area contributed by atoms with Gasteiger partial charge < -0.3 is 14.8 Å². The SMILES string of the molecule is COc1ccc(CCNC(=O)CN(C)CCOc2ccc(Cl)cc2)cc1. The van der Waals surface area contributed by atoms with E-state index in [4.69, 9.17) is 21.1 Å². The number of amides is 1. The van der Waals surface area contributed by atoms with Crippen molar-refractivity contribution in [1.29, 1.82) is 0 Å². The highest BCUT2D eigenvalue weighted by Gasteiger charge is 2.06. The second-order valence-electron chi connectivity index (χ2n) is 5.99. The van der Waals surface area contributed by atoms with Gasteiger partial charge in [-0.1, -0.05) is 23.7 Å². The monoisotopic (exact) mass is 376 g/mol. The molecule has 0 unspecified atom stereocenters. The van der Waals surface area contributed by atoms with Crippen LogP contribution < -0.4 is 14.8 Å². The molecule has 0 spiro atoms. The molecule has 0 aliphatic heterocycles. The highest BCUT2D eigenvalue weighted by molar-refractivity contribution is 6.30. The molecule has 0 saturated heterocycles. The van der Waals surface area contributed by atoms with Gasteiger partial charge in [0.15, 0.2) is 0 Å². The topological polar surface area (TPSA) is 50.8 Å². The summed E-state index contributed by atoms with van der Waals surface area (Å²) in [5.41, 5.74) is 1.16. The molecule has 1 N–H and O–H groups in total. The van der Waals surface area contributed by atoms with Gasteiger partial charge in [0, 0.05) is 18.1 Å². The zero-order valence-electron chi connectivity index (χ0n) is 15.2. The van der Waals surface area contributed by atoms with Gasteiger partial charge in [0.05, 0.1) is 13.7 Å². The van der Waals surface area contributed by atoms with E-state index in [0.717, 1.165) is 23.5 Å². The van der Waals surface area contributed by atoms with E-state index in [-0.39, 0.29) is 5.91 Å². The minimum Gasteiger partial charge on any atom is -0.497 e. The Labute approximate surface area is 159 Å². The van der Waals surface area contributed by atoms with Crippen LogP contribution in [0.2, 0.25) is 5.02 Å². The smallest absolute Gasteiger partial charge is 0.234 e. The van der Waals surface area contributed by atoms with Crippen LogP contribution in [0.15, 0.2) is 48.5 Å². The zero-order chi connectivity index (χ0) is 18.8. The summed E-state index contributed by atoms with van der Waals surface area (Å²) in [6.45, 7) is 2.12. The number of likely N-dealkylation sites (N-methyl/N-ethyl adjacent to an activating group) is 1. The fourth-order valence-electron chi connectivity index (χ4n) is 2.37. The number of methoxy groups -OCH3 is 1. The number of halogens is 1. The lowest BCUT2D eigenvalue weighted by atomic mass is 10.1. The van der Waals surface area contributed by atoms with Crippen LogP contribution in [0.5, 0.6) is 11.5 Å². The summed E-state index contributed by atoms with van der Waals surface area (Å²) < 4.78 is 10.8. The summed E-state index contributed by atoms with van der Waals surface area (Å²) >= 11 is 5.83. The minimum absolute atomic E-state index is 0.00695. The Morgan fingerprint density at radius 1 is 1.08 bits per heavy atom. The molecule has 0 saturated carbocycles. The number of carbonyl (C=O) groups is 1. The third kappa shape index (κ3) is 7.33. The molecule has 0 aliphatic rings. The summed E-state index contributed by atoms with van der Waals surface area (Å²) in [6.07, 6.45) is 0.791. The van der Waals surface area contributed by atoms with Crippen molar-refractivity contribution in [3.05, 3.63) is 59.1 Å². The summed E-state index contributed by atoms with van der Waals surface area (Å²) in [6, 6.07) is 15.1. The van der Waals surface area contributed by atoms with Gasteiger partial charge in [-0.2, -0.15) is 0 Å². The van der Waals surface area contributed by atoms with Crippen molar-refractivity contribution in [2.24, 2.45) is 0 Å². The number of rotatable bonds is 10. The van der Waals surface area contributed by atoms with Gasteiger partial charge in [0.1, 0.15) is 18.1 Å². The van der Waals surface area contributed by atoms with Crippen molar-refractivity contribution in [3.8, 4) is 11.5 Å². The molecule has 0 aliphatic carbocycles. The van der Waals surface area contributed by atoms with Gasteiger partial charge in [0.2, 0.25) is 5.91 Å². The number of carbonyl (C=O) groups excluding carboxylic acids is 1. The molecule has 2 aromatic rings. The molecular formula is C20H25ClN2O3. The van der Waals surface area contributed by atoms with E-state index in [1.54, 1.807) is 19.2 Å². The first-order valence-corrected chi connectivity index (χ1v) is 8.91. The van der Waals surface area contributed by atoms with E-state index in [0.29, 0.717) is 31.3 Å². The van der Waals surface area contributed by atoms with Crippen LogP contribution in [0.4, 0.5) is 0 Å². The maximum Gasteiger partial charge on any atom is 0.234 e. The molecule has 0 atom stereocenters. The second kappa shape index (κ2) is 10.7. The molecule has 0 fully saturated rings. The molecule has 0 bridgehead atoms. The number of nitrogens with one attached hydrogen (secondary N) is 1. The molecule has 6 heteroatoms. The Morgan fingerprint density at radius 2 is 1.73 bits per heavy atom. The molecule has 0 radical (unpaired) electrons. The summed E-state index contributed by atoms with van der Waals surface area (Å²) in [5.74, 6) is 1.61. The summed E-state index contributed by atoms with van der Waals surface area (Å²) in [7, 11) is 3.54. The fraction of sp³-hybridized carbons (Fsp3) is 0.350. The molecule has 26 heavy (non-hydrogen) atoms. The van der Waals surface area contributed by atoms with Crippen LogP contribution in [0, 0.1) is 0 Å². The fourth-order valence-corrected chi connectivity index (χ4v) is 2.49. The molecular weight excluding hydrogens is 352 g/mol. The van der Waals surface area contributed by atoms with Gasteiger partial charge in [-0.3, -0.25) is 9.69 Å². The Morgan fingerprint density at radius 3 is 2.38 bits per heavy atom. The summed E-state index contributed by atoms with van der Waals surface area (Å²) in [4.78, 5) is 13.9. The first-order valence-electron chi connectivity index (χ1n) is 8.53. The quantitative estimate of drug-likeness (QED) is 0.692. The van der Waals surface area contributed by atoms with Crippen molar-refractivity contribution in [3.63, 3.8) is 0 Å². The number of benzene rings is 2. The molecule has 5 nitrogen and oxygen atoms in total. The molecule has 2 rings (SSSR count). The molecule has 140 valence electrons. The number of ether oxygens (including phenoxy) is 2. The molecule has 2 aromatic carbocycles. The van der Waals surface area contributed by atoms with Gasteiger partial charge in [-0.15, -0.1) is 0 Å². The number of nitrogens with zero attached hydrogens (tertiary/aromatic N) is 1. The zero-order valence-corrected chi connectivity index (χ0v) is 16.0. The van der Waals surface area contributed by atoms with E-state index in [1.165, 1.54) is 0 Å². The maximum atomic E-state index is 12.0. The van der Waals surface area contributed by atoms with E-state index in [9.17, 15) is 4.79 Å². The average molecular weight is 377 g/mol. The second-order valence-corrected chi connectivity index (χ2v) is 6.42. The van der Waals surface area contributed by atoms with Crippen LogP contribution in [0.25, 0.3) is 0 Å². The van der Waals surface area contributed by atoms with Crippen molar-refractivity contribution in [2.45, 2.75) is 6.42 Å². The Hall–Kier alpha value is -2.24. The number of hydrogen-bond acceptors (Lipinski definition) is 4. The van der Waals surface area contributed by atoms with Crippen LogP contribution in [0.1, 0.15) is 5.56 Å². The first kappa shape index (κ1) is 20.1. The Balaban J connectivity index is 1.59. The van der Waals surface area contributed by atoms with Gasteiger partial charge in [-0.25, -0.2) is 0 Å².